The van der Waals surface area contributed by atoms with E-state index < -0.39 is 6.55 Å². The van der Waals surface area contributed by atoms with Gasteiger partial charge in [0.15, 0.2) is 5.65 Å². The van der Waals surface area contributed by atoms with Crippen molar-refractivity contribution in [2.24, 2.45) is 7.05 Å². The first kappa shape index (κ1) is 14.5. The van der Waals surface area contributed by atoms with Crippen molar-refractivity contribution in [2.75, 3.05) is 0 Å². The highest BCUT2D eigenvalue weighted by atomic mass is 19.3. The minimum Gasteiger partial charge on any atom is -0.291 e. The van der Waals surface area contributed by atoms with Gasteiger partial charge >= 0.3 is 6.55 Å². The van der Waals surface area contributed by atoms with Crippen LogP contribution in [0.25, 0.3) is 22.1 Å². The van der Waals surface area contributed by atoms with E-state index >= 15 is 0 Å². The highest BCUT2D eigenvalue weighted by Gasteiger charge is 2.18. The van der Waals surface area contributed by atoms with Gasteiger partial charge in [-0.3, -0.25) is 18.6 Å². The van der Waals surface area contributed by atoms with Crippen molar-refractivity contribution in [1.82, 2.24) is 28.9 Å². The second-order valence-electron chi connectivity index (χ2n) is 5.35. The number of hydrogen-bond donors (Lipinski definition) is 0. The van der Waals surface area contributed by atoms with Crippen LogP contribution in [0.1, 0.15) is 12.4 Å². The fourth-order valence-corrected chi connectivity index (χ4v) is 2.76. The standard InChI is InChI=1S/C15H12F2N6O/c1-21-13-9(6-19-21)14(24)22(8-18-13)7-12-20-10-4-2-3-5-11(10)23(12)15(16)17/h2-6,8,15H,7H2,1H3. The molecule has 0 amide bonds. The Kier molecular flexibility index (Phi) is 3.15. The first-order valence-corrected chi connectivity index (χ1v) is 7.17. The monoisotopic (exact) mass is 330 g/mol. The Morgan fingerprint density at radius 2 is 2.04 bits per heavy atom. The molecule has 0 saturated heterocycles. The summed E-state index contributed by atoms with van der Waals surface area (Å²) >= 11 is 0. The number of aryl methyl sites for hydroxylation is 1. The lowest BCUT2D eigenvalue weighted by molar-refractivity contribution is 0.0711. The molecule has 1 aromatic carbocycles. The molecular formula is C15H12F2N6O. The number of halogens is 2. The van der Waals surface area contributed by atoms with Crippen molar-refractivity contribution in [1.29, 1.82) is 0 Å². The van der Waals surface area contributed by atoms with E-state index in [2.05, 4.69) is 15.1 Å². The molecule has 0 bridgehead atoms. The number of alkyl halides is 2. The number of imidazole rings is 1. The van der Waals surface area contributed by atoms with Gasteiger partial charge in [0.1, 0.15) is 17.5 Å². The second-order valence-corrected chi connectivity index (χ2v) is 5.35. The zero-order valence-electron chi connectivity index (χ0n) is 12.6. The molecule has 0 fully saturated rings. The third kappa shape index (κ3) is 2.08. The molecule has 3 heterocycles. The molecule has 3 aromatic heterocycles. The third-order valence-electron chi connectivity index (χ3n) is 3.89. The molecule has 4 aromatic rings. The van der Waals surface area contributed by atoms with E-state index in [0.29, 0.717) is 22.1 Å². The van der Waals surface area contributed by atoms with Gasteiger partial charge in [0.05, 0.1) is 23.8 Å². The first-order valence-electron chi connectivity index (χ1n) is 7.17. The van der Waals surface area contributed by atoms with Gasteiger partial charge in [0, 0.05) is 7.05 Å². The number of aromatic nitrogens is 6. The van der Waals surface area contributed by atoms with Gasteiger partial charge in [0.25, 0.3) is 5.56 Å². The van der Waals surface area contributed by atoms with Crippen LogP contribution >= 0.6 is 0 Å². The highest BCUT2D eigenvalue weighted by molar-refractivity contribution is 5.76. The predicted octanol–water partition coefficient (Wildman–Crippen LogP) is 1.92. The number of hydrogen-bond acceptors (Lipinski definition) is 4. The summed E-state index contributed by atoms with van der Waals surface area (Å²) in [4.78, 5) is 20.9. The molecule has 0 saturated carbocycles. The molecular weight excluding hydrogens is 318 g/mol. The average Bonchev–Trinajstić information content (AvgIpc) is 3.11. The third-order valence-corrected chi connectivity index (χ3v) is 3.89. The van der Waals surface area contributed by atoms with Crippen molar-refractivity contribution in [3.63, 3.8) is 0 Å². The van der Waals surface area contributed by atoms with Crippen LogP contribution in [0.2, 0.25) is 0 Å². The minimum atomic E-state index is -2.75. The van der Waals surface area contributed by atoms with Crippen LogP contribution in [-0.2, 0) is 13.6 Å². The number of para-hydroxylation sites is 2. The van der Waals surface area contributed by atoms with Gasteiger partial charge in [-0.25, -0.2) is 9.97 Å². The summed E-state index contributed by atoms with van der Waals surface area (Å²) in [5.41, 5.74) is 0.877. The van der Waals surface area contributed by atoms with Crippen LogP contribution < -0.4 is 5.56 Å². The van der Waals surface area contributed by atoms with Gasteiger partial charge in [-0.15, -0.1) is 0 Å². The number of fused-ring (bicyclic) bond motifs is 2. The lowest BCUT2D eigenvalue weighted by Crippen LogP contribution is -2.23. The number of benzene rings is 1. The topological polar surface area (TPSA) is 70.5 Å². The quantitative estimate of drug-likeness (QED) is 0.575. The maximum Gasteiger partial charge on any atom is 0.320 e. The largest absolute Gasteiger partial charge is 0.320 e. The fraction of sp³-hybridized carbons (Fsp3) is 0.200. The van der Waals surface area contributed by atoms with E-state index in [9.17, 15) is 13.6 Å². The number of rotatable bonds is 3. The van der Waals surface area contributed by atoms with Crippen LogP contribution in [0.3, 0.4) is 0 Å². The van der Waals surface area contributed by atoms with Gasteiger partial charge in [-0.1, -0.05) is 12.1 Å². The molecule has 0 N–H and O–H groups in total. The zero-order valence-corrected chi connectivity index (χ0v) is 12.6. The SMILES string of the molecule is Cn1ncc2c(=O)n(Cc3nc4ccccc4n3C(F)F)cnc21. The molecule has 0 unspecified atom stereocenters. The maximum absolute atomic E-state index is 13.5. The Balaban J connectivity index is 1.87. The Morgan fingerprint density at radius 1 is 1.25 bits per heavy atom. The van der Waals surface area contributed by atoms with Gasteiger partial charge < -0.3 is 0 Å². The summed E-state index contributed by atoms with van der Waals surface area (Å²) in [5.74, 6) is 0.0957. The molecule has 122 valence electrons. The summed E-state index contributed by atoms with van der Waals surface area (Å²) in [6, 6.07) is 6.62. The van der Waals surface area contributed by atoms with E-state index in [1.807, 2.05) is 0 Å². The molecule has 7 nitrogen and oxygen atoms in total. The van der Waals surface area contributed by atoms with Crippen molar-refractivity contribution < 1.29 is 8.78 Å². The van der Waals surface area contributed by atoms with E-state index in [-0.39, 0.29) is 17.9 Å². The van der Waals surface area contributed by atoms with E-state index in [4.69, 9.17) is 0 Å². The van der Waals surface area contributed by atoms with Crippen molar-refractivity contribution in [2.45, 2.75) is 13.1 Å². The van der Waals surface area contributed by atoms with Crippen LogP contribution in [-0.4, -0.2) is 28.9 Å². The lowest BCUT2D eigenvalue weighted by Gasteiger charge is -2.09. The summed E-state index contributed by atoms with van der Waals surface area (Å²) in [6.45, 7) is -2.85. The van der Waals surface area contributed by atoms with Crippen molar-refractivity contribution in [3.05, 3.63) is 53.0 Å². The molecule has 0 aliphatic heterocycles. The minimum absolute atomic E-state index is 0.0957. The summed E-state index contributed by atoms with van der Waals surface area (Å²) in [7, 11) is 1.68. The molecule has 0 aliphatic rings. The molecule has 0 aliphatic carbocycles. The van der Waals surface area contributed by atoms with Gasteiger partial charge in [-0.05, 0) is 12.1 Å². The van der Waals surface area contributed by atoms with Crippen molar-refractivity contribution in [3.8, 4) is 0 Å². The Labute approximate surface area is 133 Å². The molecule has 24 heavy (non-hydrogen) atoms. The van der Waals surface area contributed by atoms with Crippen molar-refractivity contribution >= 4 is 22.1 Å². The normalized spacial score (nSPS) is 11.8. The molecule has 0 atom stereocenters. The van der Waals surface area contributed by atoms with Crippen LogP contribution in [0.15, 0.2) is 41.6 Å². The Morgan fingerprint density at radius 3 is 2.83 bits per heavy atom. The summed E-state index contributed by atoms with van der Waals surface area (Å²) in [6.07, 6.45) is 2.73. The average molecular weight is 330 g/mol. The highest BCUT2D eigenvalue weighted by Crippen LogP contribution is 2.23. The number of nitrogens with zero attached hydrogens (tertiary/aromatic N) is 6. The zero-order chi connectivity index (χ0) is 16.8. The fourth-order valence-electron chi connectivity index (χ4n) is 2.76. The van der Waals surface area contributed by atoms with Crippen LogP contribution in [0.4, 0.5) is 8.78 Å². The smallest absolute Gasteiger partial charge is 0.291 e. The second kappa shape index (κ2) is 5.22. The molecule has 0 radical (unpaired) electrons. The van der Waals surface area contributed by atoms with Crippen LogP contribution in [0.5, 0.6) is 0 Å². The molecule has 4 rings (SSSR count). The molecule has 0 spiro atoms. The van der Waals surface area contributed by atoms with E-state index in [1.165, 1.54) is 21.8 Å². The Hall–Kier alpha value is -3.10. The van der Waals surface area contributed by atoms with E-state index in [0.717, 1.165) is 4.57 Å². The van der Waals surface area contributed by atoms with Crippen LogP contribution in [0, 0.1) is 0 Å². The maximum atomic E-state index is 13.5. The molecule has 9 heteroatoms. The van der Waals surface area contributed by atoms with E-state index in [1.54, 1.807) is 31.3 Å². The summed E-state index contributed by atoms with van der Waals surface area (Å²) in [5, 5.41) is 4.32. The predicted molar refractivity (Wildman–Crippen MR) is 82.9 cm³/mol. The van der Waals surface area contributed by atoms with Gasteiger partial charge in [-0.2, -0.15) is 13.9 Å². The lowest BCUT2D eigenvalue weighted by atomic mass is 10.3. The Bertz CT molecular complexity index is 1110. The van der Waals surface area contributed by atoms with Gasteiger partial charge in [0.2, 0.25) is 0 Å². The first-order chi connectivity index (χ1) is 11.6. The summed E-state index contributed by atoms with van der Waals surface area (Å²) < 4.78 is 30.5.